The molecule has 0 aromatic heterocycles. The van der Waals surface area contributed by atoms with Gasteiger partial charge in [0.25, 0.3) is 0 Å². The first kappa shape index (κ1) is 21.0. The maximum Gasteiger partial charge on any atom is 0.317 e. The monoisotopic (exact) mass is 417 g/mol. The number of urea groups is 1. The van der Waals surface area contributed by atoms with Crippen LogP contribution in [0.1, 0.15) is 68.9 Å². The largest absolute Gasteiger partial charge is 0.335 e. The third kappa shape index (κ3) is 5.46. The van der Waals surface area contributed by atoms with Crippen LogP contribution in [0.2, 0.25) is 5.02 Å². The highest BCUT2D eigenvalue weighted by Crippen LogP contribution is 2.30. The molecule has 1 aromatic rings. The van der Waals surface area contributed by atoms with Gasteiger partial charge in [-0.1, -0.05) is 24.6 Å². The van der Waals surface area contributed by atoms with Crippen molar-refractivity contribution in [2.24, 2.45) is 5.92 Å². The van der Waals surface area contributed by atoms with Crippen molar-refractivity contribution in [3.63, 3.8) is 0 Å². The lowest BCUT2D eigenvalue weighted by molar-refractivity contribution is 0.190. The van der Waals surface area contributed by atoms with E-state index in [1.54, 1.807) is 0 Å². The number of hydrogen-bond acceptors (Lipinski definition) is 2. The van der Waals surface area contributed by atoms with E-state index in [4.69, 9.17) is 11.6 Å². The molecule has 0 bridgehead atoms. The van der Waals surface area contributed by atoms with Gasteiger partial charge in [-0.3, -0.25) is 0 Å². The van der Waals surface area contributed by atoms with E-state index in [1.165, 1.54) is 36.9 Å². The van der Waals surface area contributed by atoms with Gasteiger partial charge in [0.1, 0.15) is 0 Å². The van der Waals surface area contributed by atoms with Crippen LogP contribution in [0.3, 0.4) is 0 Å². The van der Waals surface area contributed by atoms with Crippen LogP contribution >= 0.6 is 11.6 Å². The topological polar surface area (TPSA) is 35.6 Å². The minimum absolute atomic E-state index is 0.171. The summed E-state index contributed by atoms with van der Waals surface area (Å²) < 4.78 is 0. The first-order chi connectivity index (χ1) is 14.1. The molecule has 1 atom stereocenters. The van der Waals surface area contributed by atoms with Crippen molar-refractivity contribution in [3.8, 4) is 0 Å². The molecule has 2 fully saturated rings. The summed E-state index contributed by atoms with van der Waals surface area (Å²) in [5.41, 5.74) is 2.91. The zero-order chi connectivity index (χ0) is 20.2. The Labute approximate surface area is 181 Å². The van der Waals surface area contributed by atoms with Gasteiger partial charge in [0.2, 0.25) is 0 Å². The lowest BCUT2D eigenvalue weighted by Crippen LogP contribution is -2.45. The molecule has 29 heavy (non-hydrogen) atoms. The molecule has 4 rings (SSSR count). The van der Waals surface area contributed by atoms with Gasteiger partial charge in [-0.25, -0.2) is 4.79 Å². The van der Waals surface area contributed by atoms with Gasteiger partial charge < -0.3 is 15.1 Å². The van der Waals surface area contributed by atoms with Crippen LogP contribution in [0.15, 0.2) is 18.2 Å². The second-order valence-corrected chi connectivity index (χ2v) is 9.88. The average Bonchev–Trinajstić information content (AvgIpc) is 3.21. The first-order valence-electron chi connectivity index (χ1n) is 11.6. The molecular weight excluding hydrogens is 382 g/mol. The summed E-state index contributed by atoms with van der Waals surface area (Å²) in [5.74, 6) is 1.35. The summed E-state index contributed by atoms with van der Waals surface area (Å²) >= 11 is 6.23. The van der Waals surface area contributed by atoms with Crippen LogP contribution in [0, 0.1) is 5.92 Å². The predicted molar refractivity (Wildman–Crippen MR) is 120 cm³/mol. The third-order valence-corrected chi connectivity index (χ3v) is 7.52. The molecule has 0 unspecified atom stereocenters. The number of hydrogen-bond donors (Lipinski definition) is 1. The van der Waals surface area contributed by atoms with Crippen molar-refractivity contribution >= 4 is 17.6 Å². The van der Waals surface area contributed by atoms with Crippen molar-refractivity contribution in [2.45, 2.75) is 70.3 Å². The van der Waals surface area contributed by atoms with Crippen molar-refractivity contribution in [1.29, 1.82) is 0 Å². The number of fused-ring (bicyclic) bond motifs is 1. The number of amides is 2. The quantitative estimate of drug-likeness (QED) is 0.743. The Morgan fingerprint density at radius 2 is 1.90 bits per heavy atom. The van der Waals surface area contributed by atoms with Crippen LogP contribution < -0.4 is 5.32 Å². The SMILES string of the molecule is C[C@H]1CN(CCC2CCC(NC(=O)N3CCCC3)CC2)CCc2ccc(Cl)cc21. The number of nitrogens with one attached hydrogen (secondary N) is 1. The van der Waals surface area contributed by atoms with Gasteiger partial charge in [0.05, 0.1) is 0 Å². The molecule has 0 radical (unpaired) electrons. The van der Waals surface area contributed by atoms with E-state index in [0.717, 1.165) is 69.2 Å². The standard InChI is InChI=1S/C24H36ClN3O/c1-18-17-27(15-11-20-6-7-21(25)16-23(18)20)14-10-19-4-8-22(9-5-19)26-24(29)28-12-2-3-13-28/h6-7,16,18-19,22H,2-5,8-15,17H2,1H3,(H,26,29)/t18-,19?,22?/m0/s1. The Balaban J connectivity index is 1.19. The molecule has 2 aliphatic heterocycles. The number of rotatable bonds is 4. The van der Waals surface area contributed by atoms with Crippen LogP contribution in [-0.2, 0) is 6.42 Å². The van der Waals surface area contributed by atoms with Crippen LogP contribution in [0.5, 0.6) is 0 Å². The van der Waals surface area contributed by atoms with Crippen molar-refractivity contribution in [3.05, 3.63) is 34.3 Å². The summed E-state index contributed by atoms with van der Waals surface area (Å²) in [6.07, 6.45) is 9.53. The van der Waals surface area contributed by atoms with Crippen molar-refractivity contribution in [2.75, 3.05) is 32.7 Å². The fraction of sp³-hybridized carbons (Fsp3) is 0.708. The minimum Gasteiger partial charge on any atom is -0.335 e. The van der Waals surface area contributed by atoms with Crippen LogP contribution in [-0.4, -0.2) is 54.6 Å². The summed E-state index contributed by atoms with van der Waals surface area (Å²) in [6.45, 7) is 7.69. The van der Waals surface area contributed by atoms with E-state index in [9.17, 15) is 4.79 Å². The van der Waals surface area contributed by atoms with E-state index in [0.29, 0.717) is 12.0 Å². The van der Waals surface area contributed by atoms with Gasteiger partial charge in [0, 0.05) is 37.2 Å². The molecule has 3 aliphatic rings. The molecule has 2 heterocycles. The lowest BCUT2D eigenvalue weighted by atomic mass is 9.84. The van der Waals surface area contributed by atoms with Crippen LogP contribution in [0.4, 0.5) is 4.79 Å². The maximum absolute atomic E-state index is 12.3. The minimum atomic E-state index is 0.171. The molecule has 0 spiro atoms. The van der Waals surface area contributed by atoms with Crippen molar-refractivity contribution < 1.29 is 4.79 Å². The highest BCUT2D eigenvalue weighted by molar-refractivity contribution is 6.30. The third-order valence-electron chi connectivity index (χ3n) is 7.29. The highest BCUT2D eigenvalue weighted by atomic mass is 35.5. The van der Waals surface area contributed by atoms with Gasteiger partial charge in [-0.2, -0.15) is 0 Å². The average molecular weight is 418 g/mol. The number of nitrogens with zero attached hydrogens (tertiary/aromatic N) is 2. The molecule has 1 N–H and O–H groups in total. The molecule has 1 saturated heterocycles. The van der Waals surface area contributed by atoms with E-state index in [-0.39, 0.29) is 6.03 Å². The summed E-state index contributed by atoms with van der Waals surface area (Å²) in [7, 11) is 0. The van der Waals surface area contributed by atoms with E-state index in [1.807, 2.05) is 11.0 Å². The van der Waals surface area contributed by atoms with Crippen LogP contribution in [0.25, 0.3) is 0 Å². The zero-order valence-corrected chi connectivity index (χ0v) is 18.6. The van der Waals surface area contributed by atoms with E-state index in [2.05, 4.69) is 29.3 Å². The Bertz CT molecular complexity index is 695. The maximum atomic E-state index is 12.3. The number of carbonyl (C=O) groups excluding carboxylic acids is 1. The Morgan fingerprint density at radius 1 is 1.14 bits per heavy atom. The molecule has 5 heteroatoms. The van der Waals surface area contributed by atoms with E-state index < -0.39 is 0 Å². The molecule has 1 saturated carbocycles. The molecular formula is C24H36ClN3O. The number of benzene rings is 1. The highest BCUT2D eigenvalue weighted by Gasteiger charge is 2.26. The van der Waals surface area contributed by atoms with Gasteiger partial charge in [0.15, 0.2) is 0 Å². The van der Waals surface area contributed by atoms with Gasteiger partial charge in [-0.05, 0) is 93.0 Å². The Hall–Kier alpha value is -1.26. The summed E-state index contributed by atoms with van der Waals surface area (Å²) in [6, 6.07) is 6.97. The number of likely N-dealkylation sites (tertiary alicyclic amines) is 1. The smallest absolute Gasteiger partial charge is 0.317 e. The Kier molecular flexibility index (Phi) is 7.02. The van der Waals surface area contributed by atoms with Gasteiger partial charge in [-0.15, -0.1) is 0 Å². The second kappa shape index (κ2) is 9.70. The molecule has 160 valence electrons. The first-order valence-corrected chi connectivity index (χ1v) is 12.0. The van der Waals surface area contributed by atoms with Gasteiger partial charge >= 0.3 is 6.03 Å². The summed E-state index contributed by atoms with van der Waals surface area (Å²) in [4.78, 5) is 16.9. The zero-order valence-electron chi connectivity index (χ0n) is 17.8. The molecule has 1 aliphatic carbocycles. The fourth-order valence-electron chi connectivity index (χ4n) is 5.46. The lowest BCUT2D eigenvalue weighted by Gasteiger charge is -2.32. The van der Waals surface area contributed by atoms with Crippen molar-refractivity contribution in [1.82, 2.24) is 15.1 Å². The Morgan fingerprint density at radius 3 is 2.66 bits per heavy atom. The van der Waals surface area contributed by atoms with E-state index >= 15 is 0 Å². The fourth-order valence-corrected chi connectivity index (χ4v) is 5.64. The molecule has 2 amide bonds. The summed E-state index contributed by atoms with van der Waals surface area (Å²) in [5, 5.41) is 4.14. The number of carbonyl (C=O) groups is 1. The second-order valence-electron chi connectivity index (χ2n) is 9.44. The molecule has 1 aromatic carbocycles. The normalized spacial score (nSPS) is 28.1. The predicted octanol–water partition coefficient (Wildman–Crippen LogP) is 5.06. The molecule has 4 nitrogen and oxygen atoms in total. The number of halogens is 1.